The van der Waals surface area contributed by atoms with Crippen molar-refractivity contribution >= 4 is 0 Å². The van der Waals surface area contributed by atoms with E-state index in [1.54, 1.807) is 0 Å². The van der Waals surface area contributed by atoms with Gasteiger partial charge in [0.25, 0.3) is 0 Å². The first kappa shape index (κ1) is 17.0. The Hall–Kier alpha value is -0.400. The molecule has 10 heteroatoms. The van der Waals surface area contributed by atoms with Gasteiger partial charge in [-0.1, -0.05) is 0 Å². The summed E-state index contributed by atoms with van der Waals surface area (Å²) in [5, 5.41) is 68.7. The number of hydrogen-bond acceptors (Lipinski definition) is 10. The summed E-state index contributed by atoms with van der Waals surface area (Å²) in [7, 11) is 0. The van der Waals surface area contributed by atoms with Crippen molar-refractivity contribution in [2.24, 2.45) is 0 Å². The van der Waals surface area contributed by atoms with Crippen molar-refractivity contribution < 1.29 is 50.0 Å². The maximum atomic E-state index is 11.6. The van der Waals surface area contributed by atoms with Crippen LogP contribution < -0.4 is 5.11 Å². The van der Waals surface area contributed by atoms with Crippen molar-refractivity contribution in [2.45, 2.75) is 55.3 Å². The molecule has 2 aliphatic heterocycles. The Balaban J connectivity index is 2.06. The summed E-state index contributed by atoms with van der Waals surface area (Å²) in [5.74, 6) is 0. The predicted molar refractivity (Wildman–Crippen MR) is 60.4 cm³/mol. The van der Waals surface area contributed by atoms with Crippen LogP contribution in [0.3, 0.4) is 0 Å². The SMILES string of the molecule is [O-]C1OC[C@@H](O)[C@H](O)[C@H]1O[C@H]1O[C@H](CO)[C@@H](O)[C@H](O)[C@H]1O. The van der Waals surface area contributed by atoms with Gasteiger partial charge in [0.2, 0.25) is 0 Å². The number of rotatable bonds is 3. The molecule has 2 fully saturated rings. The fraction of sp³-hybridized carbons (Fsp3) is 1.00. The maximum absolute atomic E-state index is 11.6. The molecule has 2 rings (SSSR count). The van der Waals surface area contributed by atoms with Gasteiger partial charge in [0, 0.05) is 6.29 Å². The lowest BCUT2D eigenvalue weighted by Crippen LogP contribution is -2.64. The maximum Gasteiger partial charge on any atom is 0.187 e. The summed E-state index contributed by atoms with van der Waals surface area (Å²) in [4.78, 5) is 0. The lowest BCUT2D eigenvalue weighted by Gasteiger charge is -2.46. The Morgan fingerprint density at radius 1 is 1.00 bits per heavy atom. The molecule has 0 aromatic rings. The quantitative estimate of drug-likeness (QED) is 0.295. The Morgan fingerprint density at radius 2 is 1.67 bits per heavy atom. The topological polar surface area (TPSA) is 172 Å². The third-order valence-electron chi connectivity index (χ3n) is 3.57. The molecule has 2 saturated heterocycles. The molecule has 0 aromatic carbocycles. The van der Waals surface area contributed by atoms with Gasteiger partial charge in [0.15, 0.2) is 6.29 Å². The van der Waals surface area contributed by atoms with E-state index in [4.69, 9.17) is 14.6 Å². The van der Waals surface area contributed by atoms with E-state index >= 15 is 0 Å². The highest BCUT2D eigenvalue weighted by Crippen LogP contribution is 2.25. The predicted octanol–water partition coefficient (Wildman–Crippen LogP) is -5.39. The van der Waals surface area contributed by atoms with Crippen molar-refractivity contribution in [1.29, 1.82) is 0 Å². The highest BCUT2D eigenvalue weighted by Gasteiger charge is 2.46. The molecule has 0 aliphatic carbocycles. The third-order valence-corrected chi connectivity index (χ3v) is 3.57. The molecule has 124 valence electrons. The molecule has 0 bridgehead atoms. The average Bonchev–Trinajstić information content (AvgIpc) is 2.47. The van der Waals surface area contributed by atoms with E-state index < -0.39 is 61.9 Å². The van der Waals surface area contributed by atoms with Gasteiger partial charge in [-0.2, -0.15) is 0 Å². The van der Waals surface area contributed by atoms with Gasteiger partial charge >= 0.3 is 0 Å². The fourth-order valence-electron chi connectivity index (χ4n) is 2.25. The highest BCUT2D eigenvalue weighted by molar-refractivity contribution is 4.91. The van der Waals surface area contributed by atoms with Crippen LogP contribution in [-0.2, 0) is 14.2 Å². The summed E-state index contributed by atoms with van der Waals surface area (Å²) in [6.07, 6.45) is -14.0. The molecule has 10 nitrogen and oxygen atoms in total. The second-order valence-corrected chi connectivity index (χ2v) is 5.06. The van der Waals surface area contributed by atoms with Gasteiger partial charge in [-0.25, -0.2) is 0 Å². The minimum atomic E-state index is -1.82. The Bertz CT molecular complexity index is 339. The molecule has 1 unspecified atom stereocenters. The molecule has 21 heavy (non-hydrogen) atoms. The van der Waals surface area contributed by atoms with Gasteiger partial charge in [-0.05, 0) is 0 Å². The molecular weight excluding hydrogens is 292 g/mol. The molecule has 0 radical (unpaired) electrons. The van der Waals surface area contributed by atoms with Gasteiger partial charge in [-0.3, -0.25) is 0 Å². The standard InChI is InChI=1S/C11H19O10/c12-1-4-6(15)7(16)8(17)11(20-4)21-9-5(14)3(13)2-19-10(9)18/h3-17H,1-2H2/q-1/t3-,4-,5+,6-,7+,8-,9-,10?,11-/m1/s1. The van der Waals surface area contributed by atoms with E-state index in [-0.39, 0.29) is 6.61 Å². The Labute approximate surface area is 119 Å². The van der Waals surface area contributed by atoms with Crippen LogP contribution in [0.15, 0.2) is 0 Å². The molecule has 6 N–H and O–H groups in total. The molecule has 9 atom stereocenters. The minimum Gasteiger partial charge on any atom is -0.829 e. The van der Waals surface area contributed by atoms with Crippen LogP contribution in [0, 0.1) is 0 Å². The molecule has 0 aromatic heterocycles. The first-order chi connectivity index (χ1) is 9.86. The molecular formula is C11H19O10-. The summed E-state index contributed by atoms with van der Waals surface area (Å²) in [6, 6.07) is 0. The minimum absolute atomic E-state index is 0.357. The van der Waals surface area contributed by atoms with Gasteiger partial charge in [0.1, 0.15) is 42.7 Å². The largest absolute Gasteiger partial charge is 0.829 e. The number of aliphatic hydroxyl groups excluding tert-OH is 6. The van der Waals surface area contributed by atoms with Crippen molar-refractivity contribution in [2.75, 3.05) is 13.2 Å². The first-order valence-corrected chi connectivity index (χ1v) is 6.46. The molecule has 2 heterocycles. The normalized spacial score (nSPS) is 51.9. The van der Waals surface area contributed by atoms with Crippen LogP contribution >= 0.6 is 0 Å². The Kier molecular flexibility index (Phi) is 5.48. The lowest BCUT2D eigenvalue weighted by molar-refractivity contribution is -0.532. The smallest absolute Gasteiger partial charge is 0.187 e. The number of hydrogen-bond donors (Lipinski definition) is 6. The summed E-state index contributed by atoms with van der Waals surface area (Å²) in [5.41, 5.74) is 0. The van der Waals surface area contributed by atoms with Crippen LogP contribution in [0.25, 0.3) is 0 Å². The van der Waals surface area contributed by atoms with Crippen LogP contribution in [0.4, 0.5) is 0 Å². The van der Waals surface area contributed by atoms with Crippen molar-refractivity contribution in [3.05, 3.63) is 0 Å². The summed E-state index contributed by atoms with van der Waals surface area (Å²) >= 11 is 0. The first-order valence-electron chi connectivity index (χ1n) is 6.46. The van der Waals surface area contributed by atoms with Gasteiger partial charge in [0.05, 0.1) is 13.2 Å². The summed E-state index contributed by atoms with van der Waals surface area (Å²) in [6.45, 7) is -1.01. The highest BCUT2D eigenvalue weighted by atomic mass is 16.7. The monoisotopic (exact) mass is 311 g/mol. The van der Waals surface area contributed by atoms with E-state index in [2.05, 4.69) is 4.74 Å². The zero-order chi connectivity index (χ0) is 15.7. The lowest BCUT2D eigenvalue weighted by atomic mass is 9.99. The van der Waals surface area contributed by atoms with E-state index in [1.165, 1.54) is 0 Å². The van der Waals surface area contributed by atoms with E-state index in [9.17, 15) is 30.6 Å². The molecule has 0 saturated carbocycles. The van der Waals surface area contributed by atoms with Crippen LogP contribution in [0.1, 0.15) is 0 Å². The number of aliphatic hydroxyl groups is 6. The van der Waals surface area contributed by atoms with Gasteiger partial charge in [-0.15, -0.1) is 0 Å². The molecule has 0 spiro atoms. The average molecular weight is 311 g/mol. The zero-order valence-electron chi connectivity index (χ0n) is 10.9. The van der Waals surface area contributed by atoms with Crippen molar-refractivity contribution in [1.82, 2.24) is 0 Å². The van der Waals surface area contributed by atoms with Gasteiger partial charge < -0.3 is 50.0 Å². The van der Waals surface area contributed by atoms with E-state index in [0.29, 0.717) is 0 Å². The second kappa shape index (κ2) is 6.79. The van der Waals surface area contributed by atoms with E-state index in [1.807, 2.05) is 0 Å². The van der Waals surface area contributed by atoms with Crippen molar-refractivity contribution in [3.63, 3.8) is 0 Å². The summed E-state index contributed by atoms with van der Waals surface area (Å²) < 4.78 is 14.8. The van der Waals surface area contributed by atoms with E-state index in [0.717, 1.165) is 0 Å². The van der Waals surface area contributed by atoms with Crippen LogP contribution in [0.2, 0.25) is 0 Å². The fourth-order valence-corrected chi connectivity index (χ4v) is 2.25. The second-order valence-electron chi connectivity index (χ2n) is 5.06. The third kappa shape index (κ3) is 3.35. The van der Waals surface area contributed by atoms with Crippen molar-refractivity contribution in [3.8, 4) is 0 Å². The molecule has 2 aliphatic rings. The Morgan fingerprint density at radius 3 is 2.29 bits per heavy atom. The van der Waals surface area contributed by atoms with Crippen LogP contribution in [0.5, 0.6) is 0 Å². The van der Waals surface area contributed by atoms with Crippen LogP contribution in [-0.4, -0.2) is 99.2 Å². The molecule has 0 amide bonds. The zero-order valence-corrected chi connectivity index (χ0v) is 10.9. The number of ether oxygens (including phenoxy) is 3.